The van der Waals surface area contributed by atoms with Gasteiger partial charge in [-0.05, 0) is 36.4 Å². The molecule has 0 bridgehead atoms. The summed E-state index contributed by atoms with van der Waals surface area (Å²) in [7, 11) is 2.78. The van der Waals surface area contributed by atoms with Gasteiger partial charge >= 0.3 is 6.18 Å². The number of alkyl halides is 3. The molecular formula is C17H14F4N2O4. The van der Waals surface area contributed by atoms with Gasteiger partial charge in [0, 0.05) is 11.1 Å². The fourth-order valence-electron chi connectivity index (χ4n) is 2.12. The van der Waals surface area contributed by atoms with Crippen molar-refractivity contribution >= 4 is 11.8 Å². The fourth-order valence-corrected chi connectivity index (χ4v) is 2.12. The molecule has 2 rings (SSSR count). The molecule has 2 aromatic rings. The lowest BCUT2D eigenvalue weighted by Gasteiger charge is -2.12. The molecule has 0 spiro atoms. The van der Waals surface area contributed by atoms with Crippen molar-refractivity contribution in [2.75, 3.05) is 14.2 Å². The van der Waals surface area contributed by atoms with E-state index in [1.54, 1.807) is 0 Å². The van der Waals surface area contributed by atoms with E-state index in [1.807, 2.05) is 10.9 Å². The Labute approximate surface area is 151 Å². The van der Waals surface area contributed by atoms with E-state index >= 15 is 0 Å². The number of hydrogen-bond donors (Lipinski definition) is 2. The van der Waals surface area contributed by atoms with E-state index in [4.69, 9.17) is 9.47 Å². The highest BCUT2D eigenvalue weighted by Gasteiger charge is 2.34. The van der Waals surface area contributed by atoms with Gasteiger partial charge in [-0.1, -0.05) is 0 Å². The van der Waals surface area contributed by atoms with Gasteiger partial charge in [-0.3, -0.25) is 20.4 Å². The molecule has 6 nitrogen and oxygen atoms in total. The van der Waals surface area contributed by atoms with Crippen molar-refractivity contribution in [1.82, 2.24) is 10.9 Å². The number of carbonyl (C=O) groups is 2. The highest BCUT2D eigenvalue weighted by Crippen LogP contribution is 2.32. The van der Waals surface area contributed by atoms with Crippen molar-refractivity contribution in [2.45, 2.75) is 6.18 Å². The average Bonchev–Trinajstić information content (AvgIpc) is 2.64. The maximum Gasteiger partial charge on any atom is 0.419 e. The highest BCUT2D eigenvalue weighted by atomic mass is 19.4. The predicted octanol–water partition coefficient (Wildman–Crippen LogP) is 2.94. The van der Waals surface area contributed by atoms with Crippen LogP contribution >= 0.6 is 0 Å². The lowest BCUT2D eigenvalue weighted by molar-refractivity contribution is -0.140. The first-order valence-corrected chi connectivity index (χ1v) is 7.36. The van der Waals surface area contributed by atoms with Gasteiger partial charge in [-0.2, -0.15) is 13.2 Å². The van der Waals surface area contributed by atoms with E-state index in [0.29, 0.717) is 17.9 Å². The van der Waals surface area contributed by atoms with Gasteiger partial charge in [-0.25, -0.2) is 4.39 Å². The number of nitrogens with one attached hydrogen (secondary N) is 2. The zero-order chi connectivity index (χ0) is 20.2. The summed E-state index contributed by atoms with van der Waals surface area (Å²) in [5.41, 5.74) is 2.05. The summed E-state index contributed by atoms with van der Waals surface area (Å²) < 4.78 is 61.4. The summed E-state index contributed by atoms with van der Waals surface area (Å²) in [6.07, 6.45) is -4.96. The molecule has 0 saturated heterocycles. The Kier molecular flexibility index (Phi) is 5.88. The number of rotatable bonds is 4. The minimum atomic E-state index is -4.96. The summed E-state index contributed by atoms with van der Waals surface area (Å²) in [6.45, 7) is 0. The monoisotopic (exact) mass is 386 g/mol. The standard InChI is InChI=1S/C17H14F4N2O4/c1-26-13-6-4-10(8-14(13)27-2)16(25)23-22-15(24)9-3-5-12(18)11(7-9)17(19,20)21/h3-8H,1-2H3,(H,22,24)(H,23,25). The molecule has 0 aromatic heterocycles. The number of hydrazine groups is 1. The van der Waals surface area contributed by atoms with Crippen molar-refractivity contribution in [1.29, 1.82) is 0 Å². The van der Waals surface area contributed by atoms with Crippen molar-refractivity contribution in [3.8, 4) is 11.5 Å². The normalized spacial score (nSPS) is 10.9. The van der Waals surface area contributed by atoms with E-state index in [0.717, 1.165) is 6.07 Å². The molecule has 2 aromatic carbocycles. The third-order valence-electron chi connectivity index (χ3n) is 3.47. The van der Waals surface area contributed by atoms with Crippen LogP contribution in [0.3, 0.4) is 0 Å². The van der Waals surface area contributed by atoms with Gasteiger partial charge in [0.2, 0.25) is 0 Å². The number of hydrogen-bond acceptors (Lipinski definition) is 4. The number of ether oxygens (including phenoxy) is 2. The number of halogens is 4. The molecule has 0 heterocycles. The largest absolute Gasteiger partial charge is 0.493 e. The predicted molar refractivity (Wildman–Crippen MR) is 85.9 cm³/mol. The summed E-state index contributed by atoms with van der Waals surface area (Å²) in [5, 5.41) is 0. The van der Waals surface area contributed by atoms with E-state index in [9.17, 15) is 27.2 Å². The fraction of sp³-hybridized carbons (Fsp3) is 0.176. The van der Waals surface area contributed by atoms with Crippen molar-refractivity contribution in [2.24, 2.45) is 0 Å². The second-order valence-electron chi connectivity index (χ2n) is 5.17. The van der Waals surface area contributed by atoms with Crippen LogP contribution in [0.5, 0.6) is 11.5 Å². The minimum absolute atomic E-state index is 0.100. The Hall–Kier alpha value is -3.30. The smallest absolute Gasteiger partial charge is 0.419 e. The molecule has 0 radical (unpaired) electrons. The molecule has 2 amide bonds. The number of methoxy groups -OCH3 is 2. The summed E-state index contributed by atoms with van der Waals surface area (Å²) >= 11 is 0. The van der Waals surface area contributed by atoms with Gasteiger partial charge in [0.15, 0.2) is 11.5 Å². The Morgan fingerprint density at radius 2 is 1.37 bits per heavy atom. The zero-order valence-corrected chi connectivity index (χ0v) is 14.1. The molecule has 144 valence electrons. The van der Waals surface area contributed by atoms with Crippen molar-refractivity contribution < 1.29 is 36.6 Å². The van der Waals surface area contributed by atoms with Crippen molar-refractivity contribution in [3.05, 3.63) is 58.9 Å². The van der Waals surface area contributed by atoms with Gasteiger partial charge in [0.1, 0.15) is 5.82 Å². The van der Waals surface area contributed by atoms with Crippen LogP contribution in [0.1, 0.15) is 26.3 Å². The topological polar surface area (TPSA) is 76.7 Å². The minimum Gasteiger partial charge on any atom is -0.493 e. The molecule has 0 atom stereocenters. The number of benzene rings is 2. The lowest BCUT2D eigenvalue weighted by Crippen LogP contribution is -2.41. The van der Waals surface area contributed by atoms with Crippen LogP contribution in [0, 0.1) is 5.82 Å². The Morgan fingerprint density at radius 1 is 0.852 bits per heavy atom. The third-order valence-corrected chi connectivity index (χ3v) is 3.47. The SMILES string of the molecule is COc1ccc(C(=O)NNC(=O)c2ccc(F)c(C(F)(F)F)c2)cc1OC. The maximum atomic E-state index is 13.3. The molecule has 27 heavy (non-hydrogen) atoms. The van der Waals surface area contributed by atoms with E-state index in [2.05, 4.69) is 0 Å². The summed E-state index contributed by atoms with van der Waals surface area (Å²) in [5.74, 6) is -2.65. The van der Waals surface area contributed by atoms with E-state index < -0.39 is 34.9 Å². The summed E-state index contributed by atoms with van der Waals surface area (Å²) in [6, 6.07) is 5.94. The van der Waals surface area contributed by atoms with Crippen LogP contribution in [-0.2, 0) is 6.18 Å². The first-order valence-electron chi connectivity index (χ1n) is 7.36. The van der Waals surface area contributed by atoms with E-state index in [1.165, 1.54) is 32.4 Å². The molecule has 0 aliphatic rings. The van der Waals surface area contributed by atoms with E-state index in [-0.39, 0.29) is 11.3 Å². The zero-order valence-electron chi connectivity index (χ0n) is 14.1. The average molecular weight is 386 g/mol. The van der Waals surface area contributed by atoms with Crippen LogP contribution in [-0.4, -0.2) is 26.0 Å². The molecule has 0 unspecified atom stereocenters. The van der Waals surface area contributed by atoms with Gasteiger partial charge in [0.05, 0.1) is 19.8 Å². The maximum absolute atomic E-state index is 13.3. The molecule has 0 saturated carbocycles. The lowest BCUT2D eigenvalue weighted by atomic mass is 10.1. The quantitative estimate of drug-likeness (QED) is 0.626. The van der Waals surface area contributed by atoms with Crippen LogP contribution < -0.4 is 20.3 Å². The second-order valence-corrected chi connectivity index (χ2v) is 5.17. The Bertz CT molecular complexity index is 868. The molecule has 0 aliphatic carbocycles. The van der Waals surface area contributed by atoms with Gasteiger partial charge < -0.3 is 9.47 Å². The highest BCUT2D eigenvalue weighted by molar-refractivity contribution is 5.99. The first-order chi connectivity index (χ1) is 12.7. The molecule has 0 fully saturated rings. The Balaban J connectivity index is 2.10. The first kappa shape index (κ1) is 20.0. The van der Waals surface area contributed by atoms with Crippen LogP contribution in [0.25, 0.3) is 0 Å². The number of amides is 2. The molecule has 10 heteroatoms. The third kappa shape index (κ3) is 4.66. The van der Waals surface area contributed by atoms with Crippen LogP contribution in [0.15, 0.2) is 36.4 Å². The second kappa shape index (κ2) is 7.94. The van der Waals surface area contributed by atoms with Crippen molar-refractivity contribution in [3.63, 3.8) is 0 Å². The number of carbonyl (C=O) groups excluding carboxylic acids is 2. The molecular weight excluding hydrogens is 372 g/mol. The van der Waals surface area contributed by atoms with Gasteiger partial charge in [-0.15, -0.1) is 0 Å². The van der Waals surface area contributed by atoms with Crippen LogP contribution in [0.4, 0.5) is 17.6 Å². The Morgan fingerprint density at radius 3 is 1.89 bits per heavy atom. The summed E-state index contributed by atoms with van der Waals surface area (Å²) in [4.78, 5) is 24.0. The van der Waals surface area contributed by atoms with Crippen LogP contribution in [0.2, 0.25) is 0 Å². The van der Waals surface area contributed by atoms with Gasteiger partial charge in [0.25, 0.3) is 11.8 Å². The molecule has 2 N–H and O–H groups in total. The molecule has 0 aliphatic heterocycles.